The number of ether oxygens (including phenoxy) is 2. The smallest absolute Gasteiger partial charge is 0.367 e. The molecule has 0 aliphatic carbocycles. The average molecular weight is 443 g/mol. The van der Waals surface area contributed by atoms with Crippen molar-refractivity contribution >= 4 is 5.97 Å². The van der Waals surface area contributed by atoms with Gasteiger partial charge in [0.2, 0.25) is 0 Å². The van der Waals surface area contributed by atoms with E-state index in [9.17, 15) is 4.79 Å². The molecule has 32 heavy (non-hydrogen) atoms. The summed E-state index contributed by atoms with van der Waals surface area (Å²) in [5, 5.41) is 0. The van der Waals surface area contributed by atoms with E-state index in [0.717, 1.165) is 29.9 Å². The molecule has 1 unspecified atom stereocenters. The number of alkyl halides is 1. The molecule has 0 aromatic carbocycles. The van der Waals surface area contributed by atoms with Crippen LogP contribution in [-0.2, 0) is 20.1 Å². The molecule has 0 fully saturated rings. The van der Waals surface area contributed by atoms with Gasteiger partial charge in [-0.05, 0) is 57.9 Å². The van der Waals surface area contributed by atoms with Crippen LogP contribution in [0.1, 0.15) is 47.0 Å². The largest absolute Gasteiger partial charge is 0.498 e. The Balaban J connectivity index is 2.10. The minimum Gasteiger partial charge on any atom is -0.498 e. The minimum absolute atomic E-state index is 0.187. The summed E-state index contributed by atoms with van der Waals surface area (Å²) in [6, 6.07) is 3.36. The lowest BCUT2D eigenvalue weighted by atomic mass is 10.0. The van der Waals surface area contributed by atoms with E-state index in [2.05, 4.69) is 19.1 Å². The molecule has 6 heteroatoms. The summed E-state index contributed by atoms with van der Waals surface area (Å²) >= 11 is 0. The van der Waals surface area contributed by atoms with E-state index in [0.29, 0.717) is 13.0 Å². The molecule has 1 aliphatic heterocycles. The summed E-state index contributed by atoms with van der Waals surface area (Å²) in [5.74, 6) is -2.41. The minimum atomic E-state index is -2.33. The van der Waals surface area contributed by atoms with Crippen LogP contribution in [0.15, 0.2) is 83.7 Å². The Kier molecular flexibility index (Phi) is 9.57. The molecule has 0 bridgehead atoms. The number of nitrogens with zero attached hydrogens (tertiary/aromatic N) is 2. The Labute approximate surface area is 191 Å². The van der Waals surface area contributed by atoms with Crippen LogP contribution in [0.5, 0.6) is 0 Å². The van der Waals surface area contributed by atoms with E-state index < -0.39 is 11.8 Å². The van der Waals surface area contributed by atoms with E-state index in [-0.39, 0.29) is 6.54 Å². The highest BCUT2D eigenvalue weighted by atomic mass is 19.1. The normalized spacial score (nSPS) is 19.4. The molecular formula is C26H35FN2O3. The highest BCUT2D eigenvalue weighted by Crippen LogP contribution is 2.31. The molecule has 0 saturated heterocycles. The Morgan fingerprint density at radius 2 is 1.97 bits per heavy atom. The van der Waals surface area contributed by atoms with Gasteiger partial charge in [-0.3, -0.25) is 0 Å². The lowest BCUT2D eigenvalue weighted by Crippen LogP contribution is -2.46. The van der Waals surface area contributed by atoms with Crippen LogP contribution in [0.4, 0.5) is 4.39 Å². The number of hydrogen-bond donors (Lipinski definition) is 0. The third-order valence-corrected chi connectivity index (χ3v) is 5.53. The van der Waals surface area contributed by atoms with Crippen LogP contribution in [0, 0.1) is 0 Å². The van der Waals surface area contributed by atoms with Crippen molar-refractivity contribution in [3.05, 3.63) is 83.7 Å². The fourth-order valence-corrected chi connectivity index (χ4v) is 3.46. The molecule has 0 radical (unpaired) electrons. The van der Waals surface area contributed by atoms with E-state index >= 15 is 4.39 Å². The van der Waals surface area contributed by atoms with E-state index in [1.807, 2.05) is 39.0 Å². The van der Waals surface area contributed by atoms with Gasteiger partial charge in [0.1, 0.15) is 0 Å². The second kappa shape index (κ2) is 12.1. The first-order chi connectivity index (χ1) is 15.3. The Bertz CT molecular complexity index is 910. The lowest BCUT2D eigenvalue weighted by molar-refractivity contribution is -0.163. The van der Waals surface area contributed by atoms with Gasteiger partial charge in [-0.2, -0.15) is 0 Å². The van der Waals surface area contributed by atoms with Crippen molar-refractivity contribution in [1.29, 1.82) is 0 Å². The molecular weight excluding hydrogens is 407 g/mol. The fourth-order valence-electron chi connectivity index (χ4n) is 3.46. The number of methoxy groups -OCH3 is 1. The van der Waals surface area contributed by atoms with Crippen molar-refractivity contribution in [2.24, 2.45) is 0 Å². The maximum absolute atomic E-state index is 15.8. The van der Waals surface area contributed by atoms with Gasteiger partial charge < -0.3 is 18.9 Å². The zero-order chi connectivity index (χ0) is 23.6. The number of halogens is 1. The third kappa shape index (κ3) is 6.49. The average Bonchev–Trinajstić information content (AvgIpc) is 3.34. The third-order valence-electron chi connectivity index (χ3n) is 5.53. The first-order valence-corrected chi connectivity index (χ1v) is 11.0. The van der Waals surface area contributed by atoms with Crippen LogP contribution >= 0.6 is 0 Å². The number of rotatable bonds is 10. The number of aromatic nitrogens is 1. The molecule has 1 atom stereocenters. The van der Waals surface area contributed by atoms with E-state index in [1.54, 1.807) is 23.2 Å². The first kappa shape index (κ1) is 25.2. The molecule has 1 aliphatic rings. The van der Waals surface area contributed by atoms with Gasteiger partial charge in [-0.15, -0.1) is 0 Å². The molecule has 0 spiro atoms. The summed E-state index contributed by atoms with van der Waals surface area (Å²) in [4.78, 5) is 14.1. The molecule has 5 nitrogen and oxygen atoms in total. The van der Waals surface area contributed by atoms with Crippen molar-refractivity contribution in [2.75, 3.05) is 20.3 Å². The van der Waals surface area contributed by atoms with Gasteiger partial charge in [0.25, 0.3) is 0 Å². The molecule has 2 heterocycles. The number of hydrogen-bond acceptors (Lipinski definition) is 4. The maximum Gasteiger partial charge on any atom is 0.367 e. The number of allylic oxidation sites excluding steroid dienone is 7. The van der Waals surface area contributed by atoms with Crippen LogP contribution in [0.3, 0.4) is 0 Å². The van der Waals surface area contributed by atoms with Crippen LogP contribution in [-0.4, -0.2) is 35.7 Å². The summed E-state index contributed by atoms with van der Waals surface area (Å²) in [5.41, 5.74) is 3.23. The molecule has 174 valence electrons. The summed E-state index contributed by atoms with van der Waals surface area (Å²) in [6.45, 7) is 8.41. The quantitative estimate of drug-likeness (QED) is 0.253. The van der Waals surface area contributed by atoms with Gasteiger partial charge in [0, 0.05) is 37.1 Å². The molecule has 1 aromatic heterocycles. The lowest BCUT2D eigenvalue weighted by Gasteiger charge is -2.34. The van der Waals surface area contributed by atoms with Gasteiger partial charge >= 0.3 is 11.8 Å². The summed E-state index contributed by atoms with van der Waals surface area (Å²) in [6.07, 6.45) is 17.5. The highest BCUT2D eigenvalue weighted by molar-refractivity contribution is 5.77. The highest BCUT2D eigenvalue weighted by Gasteiger charge is 2.43. The topological polar surface area (TPSA) is 43.7 Å². The standard InChI is InChI=1S/C26H35FN2O3/c1-6-8-9-12-21(3)14-18-32-22(4)23-13-17-28(24(7-2)19-23)20-26(27,25(30)31-5)29-15-10-11-16-29/h6-8,10-13,15-17H,9,14,18-20H2,1-5H3/b8-6-,21-12+,23-22+,24-7+. The summed E-state index contributed by atoms with van der Waals surface area (Å²) < 4.78 is 27.8. The molecule has 1 aromatic rings. The number of carbonyl (C=O) groups is 1. The van der Waals surface area contributed by atoms with Crippen molar-refractivity contribution in [1.82, 2.24) is 9.47 Å². The van der Waals surface area contributed by atoms with Gasteiger partial charge in [-0.1, -0.05) is 29.9 Å². The van der Waals surface area contributed by atoms with Crippen LogP contribution in [0.25, 0.3) is 0 Å². The van der Waals surface area contributed by atoms with Crippen molar-refractivity contribution in [3.8, 4) is 0 Å². The Morgan fingerprint density at radius 1 is 1.25 bits per heavy atom. The monoisotopic (exact) mass is 442 g/mol. The first-order valence-electron chi connectivity index (χ1n) is 11.0. The predicted octanol–water partition coefficient (Wildman–Crippen LogP) is 6.00. The summed E-state index contributed by atoms with van der Waals surface area (Å²) in [7, 11) is 1.20. The van der Waals surface area contributed by atoms with Crippen LogP contribution < -0.4 is 0 Å². The van der Waals surface area contributed by atoms with Crippen molar-refractivity contribution in [2.45, 2.75) is 52.8 Å². The molecule has 0 saturated carbocycles. The second-order valence-electron chi connectivity index (χ2n) is 7.78. The zero-order valence-electron chi connectivity index (χ0n) is 19.8. The van der Waals surface area contributed by atoms with E-state index in [1.165, 1.54) is 29.6 Å². The fraction of sp³-hybridized carbons (Fsp3) is 0.423. The van der Waals surface area contributed by atoms with E-state index in [4.69, 9.17) is 9.47 Å². The number of carbonyl (C=O) groups excluding carboxylic acids is 1. The number of esters is 1. The van der Waals surface area contributed by atoms with Gasteiger partial charge in [-0.25, -0.2) is 9.18 Å². The SMILES string of the molecule is C/C=C\C/C=C(\C)CCO/C(C)=C1\C=CN(CC(F)(C(=O)OC)n2cccc2)/C(=C/C)C1. The molecule has 0 N–H and O–H groups in total. The van der Waals surface area contributed by atoms with Crippen molar-refractivity contribution in [3.63, 3.8) is 0 Å². The Hall–Kier alpha value is -3.02. The predicted molar refractivity (Wildman–Crippen MR) is 126 cm³/mol. The molecule has 2 rings (SSSR count). The van der Waals surface area contributed by atoms with Gasteiger partial charge in [0.15, 0.2) is 0 Å². The van der Waals surface area contributed by atoms with Crippen molar-refractivity contribution < 1.29 is 18.7 Å². The zero-order valence-corrected chi connectivity index (χ0v) is 19.8. The maximum atomic E-state index is 15.8. The van der Waals surface area contributed by atoms with Crippen LogP contribution in [0.2, 0.25) is 0 Å². The van der Waals surface area contributed by atoms with Gasteiger partial charge in [0.05, 0.1) is 26.0 Å². The second-order valence-corrected chi connectivity index (χ2v) is 7.78. The molecule has 0 amide bonds. The Morgan fingerprint density at radius 3 is 2.59 bits per heavy atom.